The summed E-state index contributed by atoms with van der Waals surface area (Å²) < 4.78 is 38.9. The molecule has 5 rings (SSSR count). The first-order valence-electron chi connectivity index (χ1n) is 17.8. The quantitative estimate of drug-likeness (QED) is 0.0301. The number of esters is 3. The summed E-state index contributed by atoms with van der Waals surface area (Å²) in [5.74, 6) is 0.263. The summed E-state index contributed by atoms with van der Waals surface area (Å²) in [6.07, 6.45) is 8.88. The lowest BCUT2D eigenvalue weighted by Crippen LogP contribution is -2.43. The van der Waals surface area contributed by atoms with Gasteiger partial charge in [-0.2, -0.15) is 0 Å². The summed E-state index contributed by atoms with van der Waals surface area (Å²) in [4.78, 5) is 39.1. The first-order valence-corrected chi connectivity index (χ1v) is 19.0. The minimum Gasteiger partial charge on any atom is -0.494 e. The molecule has 54 heavy (non-hydrogen) atoms. The van der Waals surface area contributed by atoms with E-state index in [9.17, 15) is 14.4 Å². The van der Waals surface area contributed by atoms with E-state index in [2.05, 4.69) is 6.92 Å². The van der Waals surface area contributed by atoms with Gasteiger partial charge in [0.1, 0.15) is 17.2 Å². The van der Waals surface area contributed by atoms with Crippen LogP contribution in [0.2, 0.25) is 0 Å². The van der Waals surface area contributed by atoms with Gasteiger partial charge in [-0.05, 0) is 122 Å². The van der Waals surface area contributed by atoms with Crippen molar-refractivity contribution in [2.24, 2.45) is 5.41 Å². The van der Waals surface area contributed by atoms with Crippen LogP contribution < -0.4 is 23.7 Å². The van der Waals surface area contributed by atoms with E-state index >= 15 is 0 Å². The van der Waals surface area contributed by atoms with Crippen LogP contribution in [0.3, 0.4) is 0 Å². The predicted molar refractivity (Wildman–Crippen MR) is 207 cm³/mol. The van der Waals surface area contributed by atoms with Crippen molar-refractivity contribution >= 4 is 35.7 Å². The number of unbranched alkanes of at least 4 members (excludes halogenated alkanes) is 3. The molecule has 11 heteroatoms. The zero-order valence-electron chi connectivity index (χ0n) is 31.1. The zero-order valence-corrected chi connectivity index (χ0v) is 31.9. The highest BCUT2D eigenvalue weighted by atomic mass is 32.2. The highest BCUT2D eigenvalue weighted by Crippen LogP contribution is 2.30. The molecule has 0 atom stereocenters. The minimum atomic E-state index is -0.612. The van der Waals surface area contributed by atoms with Crippen molar-refractivity contribution in [3.63, 3.8) is 0 Å². The van der Waals surface area contributed by atoms with E-state index in [1.807, 2.05) is 12.3 Å². The SMILES string of the molecule is COc1cc(/C=C/C(=O)Oc2ccc(OC(=O)c3ccc(OCCCCCCOCC4(C)COC4)cc3)c(C)c2)ccc1OC(=O)c1cccc(SC)c1. The number of carbonyl (C=O) groups is 3. The van der Waals surface area contributed by atoms with Gasteiger partial charge >= 0.3 is 17.9 Å². The highest BCUT2D eigenvalue weighted by molar-refractivity contribution is 7.98. The van der Waals surface area contributed by atoms with Crippen molar-refractivity contribution in [2.45, 2.75) is 44.4 Å². The zero-order chi connectivity index (χ0) is 38.3. The first kappa shape index (κ1) is 40.1. The number of aryl methyl sites for hydroxylation is 1. The van der Waals surface area contributed by atoms with Crippen LogP contribution in [-0.2, 0) is 14.3 Å². The normalized spacial score (nSPS) is 13.2. The van der Waals surface area contributed by atoms with Crippen LogP contribution in [0.15, 0.2) is 95.9 Å². The number of rotatable bonds is 19. The maximum Gasteiger partial charge on any atom is 0.343 e. The molecule has 1 aliphatic heterocycles. The molecule has 1 aliphatic rings. The van der Waals surface area contributed by atoms with Crippen molar-refractivity contribution in [2.75, 3.05) is 46.4 Å². The molecule has 4 aromatic rings. The van der Waals surface area contributed by atoms with E-state index in [0.717, 1.165) is 57.0 Å². The topological polar surface area (TPSA) is 116 Å². The summed E-state index contributed by atoms with van der Waals surface area (Å²) >= 11 is 1.53. The Morgan fingerprint density at radius 3 is 2.17 bits per heavy atom. The fourth-order valence-electron chi connectivity index (χ4n) is 5.44. The van der Waals surface area contributed by atoms with Crippen LogP contribution in [0.5, 0.6) is 28.7 Å². The molecule has 1 fully saturated rings. The van der Waals surface area contributed by atoms with E-state index in [1.165, 1.54) is 24.9 Å². The average molecular weight is 755 g/mol. The summed E-state index contributed by atoms with van der Waals surface area (Å²) in [5.41, 5.74) is 2.24. The van der Waals surface area contributed by atoms with E-state index in [4.69, 9.17) is 33.2 Å². The molecule has 0 radical (unpaired) electrons. The molecule has 0 aliphatic carbocycles. The molecular formula is C43H46O10S. The molecule has 0 N–H and O–H groups in total. The van der Waals surface area contributed by atoms with Gasteiger partial charge in [0.15, 0.2) is 11.5 Å². The second-order valence-electron chi connectivity index (χ2n) is 13.2. The molecule has 0 aromatic heterocycles. The van der Waals surface area contributed by atoms with Gasteiger partial charge in [-0.25, -0.2) is 14.4 Å². The van der Waals surface area contributed by atoms with Gasteiger partial charge in [-0.3, -0.25) is 0 Å². The van der Waals surface area contributed by atoms with Crippen LogP contribution >= 0.6 is 11.8 Å². The van der Waals surface area contributed by atoms with Crippen molar-refractivity contribution in [1.29, 1.82) is 0 Å². The highest BCUT2D eigenvalue weighted by Gasteiger charge is 2.33. The Morgan fingerprint density at radius 1 is 0.759 bits per heavy atom. The standard InChI is InChI=1S/C43H46O10S/c1-30-24-35(51-40(44)21-13-31-12-19-38(39(25-31)47-3)53-42(46)33-10-9-11-36(26-33)54-4)18-20-37(30)52-41(45)32-14-16-34(17-15-32)50-23-8-6-5-7-22-48-27-43(2)28-49-29-43/h9-21,24-26H,5-8,22-23,27-29H2,1-4H3/b21-13+. The van der Waals surface area contributed by atoms with Gasteiger partial charge in [0.2, 0.25) is 0 Å². The van der Waals surface area contributed by atoms with E-state index in [-0.39, 0.29) is 16.9 Å². The number of carbonyl (C=O) groups excluding carboxylic acids is 3. The molecule has 284 valence electrons. The van der Waals surface area contributed by atoms with Gasteiger partial charge in [0.05, 0.1) is 44.7 Å². The number of thioether (sulfide) groups is 1. The first-order chi connectivity index (χ1) is 26.1. The Labute approximate surface area is 320 Å². The molecule has 0 unspecified atom stereocenters. The minimum absolute atomic E-state index is 0.195. The summed E-state index contributed by atoms with van der Waals surface area (Å²) in [7, 11) is 1.47. The Bertz CT molecular complexity index is 1920. The van der Waals surface area contributed by atoms with Crippen molar-refractivity contribution in [1.82, 2.24) is 0 Å². The predicted octanol–water partition coefficient (Wildman–Crippen LogP) is 8.78. The number of hydrogen-bond acceptors (Lipinski definition) is 11. The van der Waals surface area contributed by atoms with Gasteiger partial charge in [-0.1, -0.05) is 25.5 Å². The molecule has 1 saturated heterocycles. The lowest BCUT2D eigenvalue weighted by molar-refractivity contribution is -0.137. The fraction of sp³-hybridized carbons (Fsp3) is 0.326. The molecule has 0 bridgehead atoms. The fourth-order valence-corrected chi connectivity index (χ4v) is 5.90. The van der Waals surface area contributed by atoms with Crippen LogP contribution in [0.25, 0.3) is 6.08 Å². The third kappa shape index (κ3) is 12.0. The summed E-state index contributed by atoms with van der Waals surface area (Å²) in [6, 6.07) is 23.7. The lowest BCUT2D eigenvalue weighted by Gasteiger charge is -2.37. The third-order valence-electron chi connectivity index (χ3n) is 8.57. The van der Waals surface area contributed by atoms with E-state index in [1.54, 1.807) is 91.9 Å². The monoisotopic (exact) mass is 754 g/mol. The average Bonchev–Trinajstić information content (AvgIpc) is 3.17. The molecule has 4 aromatic carbocycles. The van der Waals surface area contributed by atoms with Crippen LogP contribution in [0.4, 0.5) is 0 Å². The Morgan fingerprint density at radius 2 is 1.46 bits per heavy atom. The van der Waals surface area contributed by atoms with Crippen LogP contribution in [-0.4, -0.2) is 64.3 Å². The molecule has 0 saturated carbocycles. The maximum atomic E-state index is 12.8. The van der Waals surface area contributed by atoms with Gasteiger partial charge < -0.3 is 33.2 Å². The van der Waals surface area contributed by atoms with Gasteiger partial charge in [0.25, 0.3) is 0 Å². The van der Waals surface area contributed by atoms with Gasteiger partial charge in [0, 0.05) is 23.0 Å². The lowest BCUT2D eigenvalue weighted by atomic mass is 9.90. The van der Waals surface area contributed by atoms with Crippen LogP contribution in [0.1, 0.15) is 64.4 Å². The van der Waals surface area contributed by atoms with Crippen LogP contribution in [0, 0.1) is 12.3 Å². The number of methoxy groups -OCH3 is 1. The number of benzene rings is 4. The maximum absolute atomic E-state index is 12.8. The number of ether oxygens (including phenoxy) is 7. The second kappa shape index (κ2) is 19.8. The number of hydrogen-bond donors (Lipinski definition) is 0. The van der Waals surface area contributed by atoms with Gasteiger partial charge in [-0.15, -0.1) is 11.8 Å². The molecule has 10 nitrogen and oxygen atoms in total. The Balaban J connectivity index is 1.03. The largest absolute Gasteiger partial charge is 0.494 e. The Kier molecular flexibility index (Phi) is 14.7. The molecule has 1 heterocycles. The summed E-state index contributed by atoms with van der Waals surface area (Å²) in [6.45, 7) is 7.65. The van der Waals surface area contributed by atoms with E-state index in [0.29, 0.717) is 46.1 Å². The second-order valence-corrected chi connectivity index (χ2v) is 14.1. The van der Waals surface area contributed by atoms with Crippen molar-refractivity contribution in [3.05, 3.63) is 113 Å². The van der Waals surface area contributed by atoms with E-state index < -0.39 is 17.9 Å². The Hall–Kier alpha value is -5.10. The molecule has 0 amide bonds. The smallest absolute Gasteiger partial charge is 0.343 e. The van der Waals surface area contributed by atoms with Crippen molar-refractivity contribution in [3.8, 4) is 28.7 Å². The molecular weight excluding hydrogens is 709 g/mol. The summed E-state index contributed by atoms with van der Waals surface area (Å²) in [5, 5.41) is 0. The van der Waals surface area contributed by atoms with Crippen molar-refractivity contribution < 1.29 is 47.5 Å². The molecule has 0 spiro atoms. The third-order valence-corrected chi connectivity index (χ3v) is 9.29.